The lowest BCUT2D eigenvalue weighted by Gasteiger charge is -2.27. The van der Waals surface area contributed by atoms with Gasteiger partial charge in [-0.05, 0) is 30.7 Å². The maximum Gasteiger partial charge on any atom is 0.293 e. The van der Waals surface area contributed by atoms with Gasteiger partial charge < -0.3 is 5.32 Å². The fourth-order valence-electron chi connectivity index (χ4n) is 4.76. The second-order valence-electron chi connectivity index (χ2n) is 6.50. The maximum absolute atomic E-state index is 12.8. The molecule has 1 aromatic carbocycles. The molecule has 0 aliphatic carbocycles. The Kier molecular flexibility index (Phi) is 4.29. The highest BCUT2D eigenvalue weighted by atomic mass is 35.5. The number of fused-ring (bicyclic) bond motifs is 6. The zero-order valence-electron chi connectivity index (χ0n) is 12.6. The molecule has 1 N–H and O–H groups in total. The first-order valence-electron chi connectivity index (χ1n) is 7.81. The topological polar surface area (TPSA) is 50.2 Å². The van der Waals surface area contributed by atoms with E-state index in [1.54, 1.807) is 4.79 Å². The number of nitrogens with zero attached hydrogens (tertiary/aromatic N) is 3. The van der Waals surface area contributed by atoms with Crippen molar-refractivity contribution >= 4 is 35.6 Å². The van der Waals surface area contributed by atoms with Crippen LogP contribution in [0.1, 0.15) is 12.8 Å². The normalized spacial score (nSPS) is 30.9. The summed E-state index contributed by atoms with van der Waals surface area (Å²) in [5, 5.41) is 11.9. The van der Waals surface area contributed by atoms with Crippen LogP contribution in [0.4, 0.5) is 0 Å². The maximum atomic E-state index is 12.8. The molecule has 0 amide bonds. The molecule has 23 heavy (non-hydrogen) atoms. The Balaban J connectivity index is 0.000000781. The van der Waals surface area contributed by atoms with Gasteiger partial charge in [0.05, 0.1) is 23.7 Å². The molecule has 3 saturated heterocycles. The molecule has 4 atom stereocenters. The Labute approximate surface area is 146 Å². The summed E-state index contributed by atoms with van der Waals surface area (Å²) in [6.07, 6.45) is 4.20. The molecule has 7 heteroatoms. The van der Waals surface area contributed by atoms with Crippen molar-refractivity contribution in [1.82, 2.24) is 15.2 Å². The lowest BCUT2D eigenvalue weighted by atomic mass is 9.82. The Morgan fingerprint density at radius 2 is 1.70 bits per heavy atom. The van der Waals surface area contributed by atoms with Crippen molar-refractivity contribution in [3.05, 3.63) is 40.8 Å². The fraction of sp³-hybridized carbons (Fsp3) is 0.500. The minimum absolute atomic E-state index is 0. The highest BCUT2D eigenvalue weighted by molar-refractivity contribution is 5.85. The van der Waals surface area contributed by atoms with E-state index < -0.39 is 0 Å². The average molecular weight is 355 g/mol. The van der Waals surface area contributed by atoms with Crippen molar-refractivity contribution in [2.75, 3.05) is 18.1 Å². The molecule has 5 nitrogen and oxygen atoms in total. The summed E-state index contributed by atoms with van der Waals surface area (Å²) in [6, 6.07) is 8.67. The number of halogens is 2. The fourth-order valence-corrected chi connectivity index (χ4v) is 4.76. The highest BCUT2D eigenvalue weighted by Crippen LogP contribution is 2.45. The minimum atomic E-state index is 0. The van der Waals surface area contributed by atoms with Crippen molar-refractivity contribution in [3.8, 4) is 0 Å². The third-order valence-electron chi connectivity index (χ3n) is 5.63. The summed E-state index contributed by atoms with van der Waals surface area (Å²) in [4.78, 5) is 14.5. The standard InChI is InChI=1S/C16H18N4O.2ClH/c21-16-11-4-2-1-3-10(11)7-18-20(16)19-14-5-6-15(19)13-9-17-8-12(13)14;;/h1-4,7,12-15,17H,5-6,8-9H2;2*1H/t12-,13+,14-,15+;;. The van der Waals surface area contributed by atoms with Gasteiger partial charge in [0.2, 0.25) is 0 Å². The molecule has 0 saturated carbocycles. The van der Waals surface area contributed by atoms with Crippen LogP contribution in [0.15, 0.2) is 35.3 Å². The average Bonchev–Trinajstić information content (AvgIpc) is 3.20. The number of nitrogens with one attached hydrogen (secondary N) is 1. The van der Waals surface area contributed by atoms with E-state index in [9.17, 15) is 4.79 Å². The summed E-state index contributed by atoms with van der Waals surface area (Å²) in [5.41, 5.74) is 0.0259. The Morgan fingerprint density at radius 3 is 2.39 bits per heavy atom. The summed E-state index contributed by atoms with van der Waals surface area (Å²) >= 11 is 0. The second kappa shape index (κ2) is 5.96. The Bertz CT molecular complexity index is 762. The minimum Gasteiger partial charge on any atom is -0.316 e. The van der Waals surface area contributed by atoms with Crippen molar-refractivity contribution in [2.45, 2.75) is 24.9 Å². The summed E-state index contributed by atoms with van der Waals surface area (Å²) < 4.78 is 0. The van der Waals surface area contributed by atoms with Gasteiger partial charge >= 0.3 is 0 Å². The Hall–Kier alpha value is -1.30. The van der Waals surface area contributed by atoms with Gasteiger partial charge in [-0.1, -0.05) is 18.2 Å². The van der Waals surface area contributed by atoms with E-state index in [1.165, 1.54) is 12.8 Å². The molecule has 5 rings (SSSR count). The number of hydrogen-bond acceptors (Lipinski definition) is 4. The van der Waals surface area contributed by atoms with Gasteiger partial charge in [0.15, 0.2) is 0 Å². The molecule has 0 spiro atoms. The van der Waals surface area contributed by atoms with Crippen LogP contribution < -0.4 is 15.9 Å². The van der Waals surface area contributed by atoms with Crippen LogP contribution in [0.2, 0.25) is 0 Å². The van der Waals surface area contributed by atoms with Crippen LogP contribution in [0.5, 0.6) is 0 Å². The number of hydrogen-bond donors (Lipinski definition) is 1. The van der Waals surface area contributed by atoms with Crippen LogP contribution in [-0.4, -0.2) is 35.1 Å². The van der Waals surface area contributed by atoms with Crippen LogP contribution in [-0.2, 0) is 0 Å². The van der Waals surface area contributed by atoms with Gasteiger partial charge in [-0.3, -0.25) is 9.80 Å². The van der Waals surface area contributed by atoms with Crippen molar-refractivity contribution in [3.63, 3.8) is 0 Å². The van der Waals surface area contributed by atoms with Crippen LogP contribution >= 0.6 is 24.8 Å². The molecule has 0 unspecified atom stereocenters. The predicted octanol–water partition coefficient (Wildman–Crippen LogP) is 1.56. The summed E-state index contributed by atoms with van der Waals surface area (Å²) in [7, 11) is 0. The third kappa shape index (κ3) is 2.17. The van der Waals surface area contributed by atoms with E-state index in [0.29, 0.717) is 23.9 Å². The molecular weight excluding hydrogens is 335 g/mol. The summed E-state index contributed by atoms with van der Waals surface area (Å²) in [6.45, 7) is 2.18. The largest absolute Gasteiger partial charge is 0.316 e. The van der Waals surface area contributed by atoms with Gasteiger partial charge in [0, 0.05) is 18.5 Å². The lowest BCUT2D eigenvalue weighted by Crippen LogP contribution is -2.49. The molecule has 1 aromatic heterocycles. The van der Waals surface area contributed by atoms with Gasteiger partial charge in [0.1, 0.15) is 0 Å². The van der Waals surface area contributed by atoms with Gasteiger partial charge in [0.25, 0.3) is 5.56 Å². The van der Waals surface area contributed by atoms with E-state index in [4.69, 9.17) is 0 Å². The van der Waals surface area contributed by atoms with Crippen molar-refractivity contribution in [2.24, 2.45) is 11.8 Å². The number of rotatable bonds is 1. The van der Waals surface area contributed by atoms with Crippen molar-refractivity contribution in [1.29, 1.82) is 0 Å². The van der Waals surface area contributed by atoms with Gasteiger partial charge in [-0.15, -0.1) is 29.6 Å². The van der Waals surface area contributed by atoms with Crippen molar-refractivity contribution < 1.29 is 0 Å². The monoisotopic (exact) mass is 354 g/mol. The quantitative estimate of drug-likeness (QED) is 0.844. The van der Waals surface area contributed by atoms with E-state index in [0.717, 1.165) is 23.9 Å². The third-order valence-corrected chi connectivity index (χ3v) is 5.63. The van der Waals surface area contributed by atoms with Gasteiger partial charge in [-0.25, -0.2) is 0 Å². The molecule has 4 heterocycles. The number of benzene rings is 1. The molecule has 3 aliphatic rings. The highest BCUT2D eigenvalue weighted by Gasteiger charge is 2.55. The van der Waals surface area contributed by atoms with E-state index in [1.807, 2.05) is 30.5 Å². The smallest absolute Gasteiger partial charge is 0.293 e. The van der Waals surface area contributed by atoms with E-state index >= 15 is 0 Å². The number of aromatic nitrogens is 2. The molecule has 2 aromatic rings. The SMILES string of the molecule is Cl.Cl.O=c1c2ccccc2cnn1N1[C@@H]2CC[C@H]1[C@H]1CNC[C@H]12. The zero-order chi connectivity index (χ0) is 14.0. The lowest BCUT2D eigenvalue weighted by molar-refractivity contribution is 0.354. The van der Waals surface area contributed by atoms with Gasteiger partial charge in [-0.2, -0.15) is 5.10 Å². The molecule has 3 aliphatic heterocycles. The first kappa shape index (κ1) is 16.6. The Morgan fingerprint density at radius 1 is 1.04 bits per heavy atom. The molecule has 3 fully saturated rings. The molecule has 0 radical (unpaired) electrons. The van der Waals surface area contributed by atoms with E-state index in [-0.39, 0.29) is 30.4 Å². The molecule has 124 valence electrons. The summed E-state index contributed by atoms with van der Waals surface area (Å²) in [5.74, 6) is 1.37. The van der Waals surface area contributed by atoms with E-state index in [2.05, 4.69) is 15.4 Å². The predicted molar refractivity (Wildman–Crippen MR) is 95.4 cm³/mol. The zero-order valence-corrected chi connectivity index (χ0v) is 14.2. The first-order chi connectivity index (χ1) is 10.3. The second-order valence-corrected chi connectivity index (χ2v) is 6.50. The van der Waals surface area contributed by atoms with Crippen LogP contribution in [0.3, 0.4) is 0 Å². The molecule has 2 bridgehead atoms. The molecular formula is C16H20Cl2N4O. The van der Waals surface area contributed by atoms with Crippen LogP contribution in [0, 0.1) is 11.8 Å². The first-order valence-corrected chi connectivity index (χ1v) is 7.81. The van der Waals surface area contributed by atoms with Crippen LogP contribution in [0.25, 0.3) is 10.8 Å².